The SMILES string of the molecule is Cc1ccc2[nH]c3c(c2c1)C(N)CC3. The highest BCUT2D eigenvalue weighted by molar-refractivity contribution is 5.86. The molecule has 1 aliphatic carbocycles. The Balaban J connectivity index is 2.38. The quantitative estimate of drug-likeness (QED) is 0.652. The van der Waals surface area contributed by atoms with Gasteiger partial charge in [0.15, 0.2) is 0 Å². The van der Waals surface area contributed by atoms with Crippen LogP contribution in [0.2, 0.25) is 0 Å². The standard InChI is InChI=1S/C12H14N2/c1-7-2-4-10-8(6-7)12-9(13)3-5-11(12)14-10/h2,4,6,9,14H,3,5,13H2,1H3. The van der Waals surface area contributed by atoms with Crippen LogP contribution in [0.4, 0.5) is 0 Å². The van der Waals surface area contributed by atoms with Crippen LogP contribution in [0.15, 0.2) is 18.2 Å². The van der Waals surface area contributed by atoms with Crippen molar-refractivity contribution in [3.05, 3.63) is 35.0 Å². The Morgan fingerprint density at radius 1 is 1.43 bits per heavy atom. The van der Waals surface area contributed by atoms with Gasteiger partial charge in [0.1, 0.15) is 0 Å². The Hall–Kier alpha value is -1.28. The average Bonchev–Trinajstić information content (AvgIpc) is 2.67. The molecule has 1 aromatic heterocycles. The summed E-state index contributed by atoms with van der Waals surface area (Å²) in [6.07, 6.45) is 2.19. The summed E-state index contributed by atoms with van der Waals surface area (Å²) < 4.78 is 0. The molecule has 14 heavy (non-hydrogen) atoms. The summed E-state index contributed by atoms with van der Waals surface area (Å²) in [5.41, 5.74) is 11.3. The predicted molar refractivity (Wildman–Crippen MR) is 58.3 cm³/mol. The number of aromatic amines is 1. The van der Waals surface area contributed by atoms with Crippen molar-refractivity contribution in [2.24, 2.45) is 5.73 Å². The largest absolute Gasteiger partial charge is 0.358 e. The number of hydrogen-bond donors (Lipinski definition) is 2. The van der Waals surface area contributed by atoms with E-state index in [1.54, 1.807) is 0 Å². The molecular weight excluding hydrogens is 172 g/mol. The zero-order chi connectivity index (χ0) is 9.71. The molecular formula is C12H14N2. The van der Waals surface area contributed by atoms with Gasteiger partial charge in [0.2, 0.25) is 0 Å². The second kappa shape index (κ2) is 2.61. The summed E-state index contributed by atoms with van der Waals surface area (Å²) >= 11 is 0. The summed E-state index contributed by atoms with van der Waals surface area (Å²) in [5, 5.41) is 1.32. The number of H-pyrrole nitrogens is 1. The first-order chi connectivity index (χ1) is 6.75. The molecule has 1 unspecified atom stereocenters. The minimum Gasteiger partial charge on any atom is -0.358 e. The van der Waals surface area contributed by atoms with Gasteiger partial charge in [0, 0.05) is 22.6 Å². The van der Waals surface area contributed by atoms with Crippen LogP contribution in [-0.4, -0.2) is 4.98 Å². The minimum absolute atomic E-state index is 0.237. The fourth-order valence-electron chi connectivity index (χ4n) is 2.45. The van der Waals surface area contributed by atoms with E-state index < -0.39 is 0 Å². The Morgan fingerprint density at radius 3 is 3.14 bits per heavy atom. The lowest BCUT2D eigenvalue weighted by Crippen LogP contribution is -2.04. The van der Waals surface area contributed by atoms with Gasteiger partial charge in [-0.1, -0.05) is 11.6 Å². The number of hydrogen-bond acceptors (Lipinski definition) is 1. The Bertz CT molecular complexity index is 496. The van der Waals surface area contributed by atoms with Crippen LogP contribution in [-0.2, 0) is 6.42 Å². The fourth-order valence-corrected chi connectivity index (χ4v) is 2.45. The van der Waals surface area contributed by atoms with Gasteiger partial charge in [-0.05, 0) is 37.5 Å². The maximum atomic E-state index is 6.09. The number of benzene rings is 1. The third-order valence-corrected chi connectivity index (χ3v) is 3.15. The number of nitrogens with two attached hydrogens (primary N) is 1. The topological polar surface area (TPSA) is 41.8 Å². The lowest BCUT2D eigenvalue weighted by molar-refractivity contribution is 0.714. The average molecular weight is 186 g/mol. The van der Waals surface area contributed by atoms with Crippen molar-refractivity contribution in [3.63, 3.8) is 0 Å². The van der Waals surface area contributed by atoms with Gasteiger partial charge in [-0.25, -0.2) is 0 Å². The van der Waals surface area contributed by atoms with E-state index in [1.807, 2.05) is 0 Å². The smallest absolute Gasteiger partial charge is 0.0459 e. The van der Waals surface area contributed by atoms with Crippen molar-refractivity contribution in [3.8, 4) is 0 Å². The van der Waals surface area contributed by atoms with E-state index in [2.05, 4.69) is 30.1 Å². The van der Waals surface area contributed by atoms with E-state index in [9.17, 15) is 0 Å². The molecule has 0 spiro atoms. The first kappa shape index (κ1) is 8.06. The molecule has 1 aromatic carbocycles. The number of aryl methyl sites for hydroxylation is 2. The molecule has 2 nitrogen and oxygen atoms in total. The van der Waals surface area contributed by atoms with Crippen molar-refractivity contribution >= 4 is 10.9 Å². The zero-order valence-electron chi connectivity index (χ0n) is 8.30. The molecule has 3 N–H and O–H groups in total. The number of fused-ring (bicyclic) bond motifs is 3. The van der Waals surface area contributed by atoms with Crippen LogP contribution in [0, 0.1) is 6.92 Å². The first-order valence-corrected chi connectivity index (χ1v) is 5.12. The molecule has 1 aliphatic rings. The Morgan fingerprint density at radius 2 is 2.29 bits per heavy atom. The van der Waals surface area contributed by atoms with E-state index in [-0.39, 0.29) is 6.04 Å². The highest BCUT2D eigenvalue weighted by atomic mass is 14.8. The number of nitrogens with one attached hydrogen (secondary N) is 1. The maximum Gasteiger partial charge on any atom is 0.0459 e. The van der Waals surface area contributed by atoms with Crippen LogP contribution in [0.3, 0.4) is 0 Å². The molecule has 0 saturated carbocycles. The molecule has 1 heterocycles. The summed E-state index contributed by atoms with van der Waals surface area (Å²) in [4.78, 5) is 3.45. The van der Waals surface area contributed by atoms with Gasteiger partial charge >= 0.3 is 0 Å². The summed E-state index contributed by atoms with van der Waals surface area (Å²) in [7, 11) is 0. The Labute approximate surface area is 83.1 Å². The van der Waals surface area contributed by atoms with Crippen LogP contribution >= 0.6 is 0 Å². The third kappa shape index (κ3) is 0.946. The highest BCUT2D eigenvalue weighted by Crippen LogP contribution is 2.35. The lowest BCUT2D eigenvalue weighted by Gasteiger charge is -2.03. The van der Waals surface area contributed by atoms with Gasteiger partial charge in [-0.15, -0.1) is 0 Å². The molecule has 0 bridgehead atoms. The second-order valence-corrected chi connectivity index (χ2v) is 4.21. The van der Waals surface area contributed by atoms with Crippen molar-refractivity contribution in [2.45, 2.75) is 25.8 Å². The summed E-state index contributed by atoms with van der Waals surface area (Å²) in [6, 6.07) is 6.76. The first-order valence-electron chi connectivity index (χ1n) is 5.12. The molecule has 2 aromatic rings. The molecule has 72 valence electrons. The van der Waals surface area contributed by atoms with Crippen LogP contribution in [0.25, 0.3) is 10.9 Å². The molecule has 3 rings (SSSR count). The lowest BCUT2D eigenvalue weighted by atomic mass is 10.1. The highest BCUT2D eigenvalue weighted by Gasteiger charge is 2.23. The number of rotatable bonds is 0. The van der Waals surface area contributed by atoms with E-state index in [0.717, 1.165) is 12.8 Å². The predicted octanol–water partition coefficient (Wildman–Crippen LogP) is 2.42. The molecule has 0 saturated heterocycles. The molecule has 0 amide bonds. The third-order valence-electron chi connectivity index (χ3n) is 3.15. The van der Waals surface area contributed by atoms with Gasteiger partial charge in [-0.2, -0.15) is 0 Å². The maximum absolute atomic E-state index is 6.09. The molecule has 0 aliphatic heterocycles. The van der Waals surface area contributed by atoms with E-state index in [1.165, 1.54) is 27.7 Å². The monoisotopic (exact) mass is 186 g/mol. The van der Waals surface area contributed by atoms with Crippen LogP contribution in [0.1, 0.15) is 29.3 Å². The number of aromatic nitrogens is 1. The van der Waals surface area contributed by atoms with E-state index >= 15 is 0 Å². The molecule has 1 atom stereocenters. The molecule has 0 fully saturated rings. The van der Waals surface area contributed by atoms with Gasteiger partial charge in [0.05, 0.1) is 0 Å². The van der Waals surface area contributed by atoms with Gasteiger partial charge in [-0.3, -0.25) is 0 Å². The molecule has 0 radical (unpaired) electrons. The van der Waals surface area contributed by atoms with Gasteiger partial charge < -0.3 is 10.7 Å². The van der Waals surface area contributed by atoms with E-state index in [4.69, 9.17) is 5.73 Å². The van der Waals surface area contributed by atoms with E-state index in [0.29, 0.717) is 0 Å². The zero-order valence-corrected chi connectivity index (χ0v) is 8.30. The normalized spacial score (nSPS) is 20.3. The Kier molecular flexibility index (Phi) is 1.50. The summed E-state index contributed by atoms with van der Waals surface area (Å²) in [6.45, 7) is 2.12. The molecule has 2 heteroatoms. The fraction of sp³-hybridized carbons (Fsp3) is 0.333. The second-order valence-electron chi connectivity index (χ2n) is 4.21. The van der Waals surface area contributed by atoms with Crippen molar-refractivity contribution in [2.75, 3.05) is 0 Å². The van der Waals surface area contributed by atoms with Crippen LogP contribution < -0.4 is 5.73 Å². The minimum atomic E-state index is 0.237. The van der Waals surface area contributed by atoms with Crippen molar-refractivity contribution in [1.82, 2.24) is 4.98 Å². The van der Waals surface area contributed by atoms with Crippen LogP contribution in [0.5, 0.6) is 0 Å². The van der Waals surface area contributed by atoms with Crippen molar-refractivity contribution in [1.29, 1.82) is 0 Å². The van der Waals surface area contributed by atoms with Crippen molar-refractivity contribution < 1.29 is 0 Å². The van der Waals surface area contributed by atoms with Gasteiger partial charge in [0.25, 0.3) is 0 Å². The summed E-state index contributed by atoms with van der Waals surface area (Å²) in [5.74, 6) is 0.